The van der Waals surface area contributed by atoms with Crippen molar-refractivity contribution < 1.29 is 13.2 Å². The van der Waals surface area contributed by atoms with Gasteiger partial charge in [-0.2, -0.15) is 0 Å². The normalized spacial score (nSPS) is 16.2. The van der Waals surface area contributed by atoms with Crippen molar-refractivity contribution in [1.82, 2.24) is 14.5 Å². The van der Waals surface area contributed by atoms with E-state index in [0.29, 0.717) is 10.1 Å². The number of nitrogen functional groups attached to an aromatic ring is 1. The van der Waals surface area contributed by atoms with Crippen molar-refractivity contribution in [3.63, 3.8) is 0 Å². The molecule has 2 aromatic rings. The maximum absolute atomic E-state index is 12.3. The zero-order valence-corrected chi connectivity index (χ0v) is 11.6. The van der Waals surface area contributed by atoms with Gasteiger partial charge in [0.05, 0.1) is 12.1 Å². The highest BCUT2D eigenvalue weighted by Gasteiger charge is 2.41. The van der Waals surface area contributed by atoms with E-state index in [0.717, 1.165) is 15.6 Å². The minimum atomic E-state index is -3.82. The molecule has 0 radical (unpaired) electrons. The van der Waals surface area contributed by atoms with Crippen molar-refractivity contribution >= 4 is 32.4 Å². The lowest BCUT2D eigenvalue weighted by Gasteiger charge is -2.12. The molecule has 1 amide bonds. The number of nitrogens with zero attached hydrogens (tertiary/aromatic N) is 3. The lowest BCUT2D eigenvalue weighted by Crippen LogP contribution is -2.29. The van der Waals surface area contributed by atoms with Gasteiger partial charge in [0.15, 0.2) is 0 Å². The second-order valence-electron chi connectivity index (χ2n) is 3.96. The zero-order chi connectivity index (χ0) is 14.3. The number of hydrogen-bond acceptors (Lipinski definition) is 8. The summed E-state index contributed by atoms with van der Waals surface area (Å²) in [6, 6.07) is 6.10. The van der Waals surface area contributed by atoms with Gasteiger partial charge in [-0.05, 0) is 12.1 Å². The fraction of sp³-hybridized carbons (Fsp3) is 0.100. The Bertz CT molecular complexity index is 786. The molecule has 1 aliphatic rings. The quantitative estimate of drug-likeness (QED) is 0.612. The molecule has 3 N–H and O–H groups in total. The summed E-state index contributed by atoms with van der Waals surface area (Å²) in [5, 5.41) is 8.21. The molecule has 0 unspecified atom stereocenters. The second kappa shape index (κ2) is 4.51. The highest BCUT2D eigenvalue weighted by atomic mass is 32.2. The van der Waals surface area contributed by atoms with Gasteiger partial charge in [-0.1, -0.05) is 23.5 Å². The Balaban J connectivity index is 1.98. The van der Waals surface area contributed by atoms with E-state index in [1.54, 1.807) is 12.1 Å². The second-order valence-corrected chi connectivity index (χ2v) is 6.85. The number of rotatable bonds is 3. The summed E-state index contributed by atoms with van der Waals surface area (Å²) in [4.78, 5) is 12.2. The molecule has 2 heterocycles. The van der Waals surface area contributed by atoms with Crippen LogP contribution in [0.15, 0.2) is 29.2 Å². The summed E-state index contributed by atoms with van der Waals surface area (Å²) >= 11 is 1.08. The van der Waals surface area contributed by atoms with Crippen LogP contribution >= 0.6 is 11.3 Å². The van der Waals surface area contributed by atoms with Crippen molar-refractivity contribution in [3.8, 4) is 0 Å². The molecule has 0 spiro atoms. The molecule has 0 saturated heterocycles. The third-order valence-electron chi connectivity index (χ3n) is 2.78. The summed E-state index contributed by atoms with van der Waals surface area (Å²) in [6.07, 6.45) is 0. The number of amides is 1. The van der Waals surface area contributed by atoms with Crippen LogP contribution in [0.1, 0.15) is 15.4 Å². The number of carbonyl (C=O) groups excluding carboxylic acids is 1. The fourth-order valence-electron chi connectivity index (χ4n) is 1.89. The fourth-order valence-corrected chi connectivity index (χ4v) is 4.14. The van der Waals surface area contributed by atoms with Crippen molar-refractivity contribution in [2.45, 2.75) is 11.4 Å². The molecule has 1 aromatic heterocycles. The highest BCUT2D eigenvalue weighted by molar-refractivity contribution is 7.90. The molecule has 8 nitrogen and oxygen atoms in total. The summed E-state index contributed by atoms with van der Waals surface area (Å²) < 4.78 is 25.4. The summed E-state index contributed by atoms with van der Waals surface area (Å²) in [7, 11) is -3.82. The molecule has 104 valence electrons. The molecule has 0 fully saturated rings. The molecule has 1 aliphatic heterocycles. The van der Waals surface area contributed by atoms with E-state index >= 15 is 0 Å². The molecule has 10 heteroatoms. The largest absolute Gasteiger partial charge is 0.298 e. The van der Waals surface area contributed by atoms with Crippen molar-refractivity contribution in [2.75, 3.05) is 5.43 Å². The minimum absolute atomic E-state index is 0.0201. The number of sulfonamides is 1. The van der Waals surface area contributed by atoms with Crippen LogP contribution in [0.4, 0.5) is 5.13 Å². The molecule has 20 heavy (non-hydrogen) atoms. The maximum Gasteiger partial charge on any atom is 0.269 e. The number of nitrogens with one attached hydrogen (secondary N) is 1. The number of carbonyl (C=O) groups is 1. The van der Waals surface area contributed by atoms with Crippen LogP contribution in [-0.4, -0.2) is 28.8 Å². The SMILES string of the molecule is NNc1nnc(CN2C(=O)c3ccccc3S2(=O)=O)s1. The molecular formula is C10H9N5O3S2. The van der Waals surface area contributed by atoms with E-state index < -0.39 is 15.9 Å². The number of aromatic nitrogens is 2. The standard InChI is InChI=1S/C10H9N5O3S2/c11-12-10-14-13-8(19-10)5-15-9(16)6-3-1-2-4-7(6)20(15,17)18/h1-4H,5,11H2,(H,12,14). The van der Waals surface area contributed by atoms with E-state index in [-0.39, 0.29) is 17.0 Å². The first-order chi connectivity index (χ1) is 9.54. The number of anilines is 1. The van der Waals surface area contributed by atoms with E-state index in [2.05, 4.69) is 15.6 Å². The van der Waals surface area contributed by atoms with Gasteiger partial charge in [0.25, 0.3) is 15.9 Å². The average Bonchev–Trinajstić information content (AvgIpc) is 2.97. The number of nitrogens with two attached hydrogens (primary N) is 1. The first kappa shape index (κ1) is 13.0. The number of fused-ring (bicyclic) bond motifs is 1. The van der Waals surface area contributed by atoms with Crippen LogP contribution in [0.25, 0.3) is 0 Å². The topological polar surface area (TPSA) is 118 Å². The van der Waals surface area contributed by atoms with Gasteiger partial charge in [0.2, 0.25) is 5.13 Å². The molecule has 3 rings (SSSR count). The molecule has 0 saturated carbocycles. The van der Waals surface area contributed by atoms with Gasteiger partial charge >= 0.3 is 0 Å². The van der Waals surface area contributed by atoms with Crippen LogP contribution in [0.3, 0.4) is 0 Å². The first-order valence-electron chi connectivity index (χ1n) is 5.49. The predicted molar refractivity (Wildman–Crippen MR) is 71.2 cm³/mol. The van der Waals surface area contributed by atoms with E-state index in [4.69, 9.17) is 5.84 Å². The lowest BCUT2D eigenvalue weighted by molar-refractivity contribution is 0.0864. The van der Waals surface area contributed by atoms with Gasteiger partial charge in [0, 0.05) is 0 Å². The third-order valence-corrected chi connectivity index (χ3v) is 5.41. The van der Waals surface area contributed by atoms with Crippen LogP contribution < -0.4 is 11.3 Å². The highest BCUT2D eigenvalue weighted by Crippen LogP contribution is 2.31. The Morgan fingerprint density at radius 3 is 2.70 bits per heavy atom. The summed E-state index contributed by atoms with van der Waals surface area (Å²) in [5.74, 6) is 4.62. The Morgan fingerprint density at radius 2 is 2.05 bits per heavy atom. The number of hydrogen-bond donors (Lipinski definition) is 2. The van der Waals surface area contributed by atoms with Gasteiger partial charge < -0.3 is 0 Å². The maximum atomic E-state index is 12.3. The van der Waals surface area contributed by atoms with Gasteiger partial charge in [-0.15, -0.1) is 10.2 Å². The summed E-state index contributed by atoms with van der Waals surface area (Å²) in [5.41, 5.74) is 2.49. The Morgan fingerprint density at radius 1 is 1.30 bits per heavy atom. The van der Waals surface area contributed by atoms with Crippen LogP contribution in [0, 0.1) is 0 Å². The van der Waals surface area contributed by atoms with Crippen molar-refractivity contribution in [3.05, 3.63) is 34.8 Å². The molecule has 0 atom stereocenters. The van der Waals surface area contributed by atoms with Crippen molar-refractivity contribution in [1.29, 1.82) is 0 Å². The number of benzene rings is 1. The van der Waals surface area contributed by atoms with E-state index in [1.165, 1.54) is 12.1 Å². The molecule has 0 aliphatic carbocycles. The first-order valence-corrected chi connectivity index (χ1v) is 7.75. The van der Waals surface area contributed by atoms with Gasteiger partial charge in [-0.25, -0.2) is 18.6 Å². The average molecular weight is 311 g/mol. The van der Waals surface area contributed by atoms with Gasteiger partial charge in [-0.3, -0.25) is 10.2 Å². The van der Waals surface area contributed by atoms with Crippen LogP contribution in [0.5, 0.6) is 0 Å². The molecule has 1 aromatic carbocycles. The Kier molecular flexibility index (Phi) is 2.92. The monoisotopic (exact) mass is 311 g/mol. The van der Waals surface area contributed by atoms with E-state index in [1.807, 2.05) is 0 Å². The smallest absolute Gasteiger partial charge is 0.269 e. The van der Waals surface area contributed by atoms with Crippen LogP contribution in [0.2, 0.25) is 0 Å². The lowest BCUT2D eigenvalue weighted by atomic mass is 10.2. The zero-order valence-electron chi connectivity index (χ0n) is 9.98. The minimum Gasteiger partial charge on any atom is -0.298 e. The third kappa shape index (κ3) is 1.85. The molecular weight excluding hydrogens is 302 g/mol. The Labute approximate surface area is 118 Å². The van der Waals surface area contributed by atoms with Crippen LogP contribution in [-0.2, 0) is 16.6 Å². The van der Waals surface area contributed by atoms with Crippen molar-refractivity contribution in [2.24, 2.45) is 5.84 Å². The summed E-state index contributed by atoms with van der Waals surface area (Å²) in [6.45, 7) is -0.158. The Hall–Kier alpha value is -2.04. The van der Waals surface area contributed by atoms with Gasteiger partial charge in [0.1, 0.15) is 9.90 Å². The number of hydrazine groups is 1. The predicted octanol–water partition coefficient (Wildman–Crippen LogP) is 0.168. The molecule has 0 bridgehead atoms. The van der Waals surface area contributed by atoms with E-state index in [9.17, 15) is 13.2 Å².